The van der Waals surface area contributed by atoms with E-state index in [4.69, 9.17) is 0 Å². The highest BCUT2D eigenvalue weighted by molar-refractivity contribution is 7.91. The first kappa shape index (κ1) is 9.99. The predicted octanol–water partition coefficient (Wildman–Crippen LogP) is 0.421. The van der Waals surface area contributed by atoms with Gasteiger partial charge in [-0.05, 0) is 31.8 Å². The van der Waals surface area contributed by atoms with Crippen molar-refractivity contribution in [2.75, 3.05) is 24.6 Å². The number of nitrogens with one attached hydrogen (secondary N) is 1. The molecule has 0 aromatic carbocycles. The molecule has 0 bridgehead atoms. The van der Waals surface area contributed by atoms with E-state index in [0.29, 0.717) is 11.7 Å². The van der Waals surface area contributed by atoms with Crippen LogP contribution in [0.2, 0.25) is 0 Å². The van der Waals surface area contributed by atoms with Crippen LogP contribution in [0.4, 0.5) is 0 Å². The standard InChI is InChI=1S/C8H17NO2S/c1-2-12(10,11)7-8-4-3-5-9-6-8/h8-9H,2-7H2,1H3/t8-/m0/s1. The molecular formula is C8H17NO2S. The van der Waals surface area contributed by atoms with Crippen molar-refractivity contribution >= 4 is 9.84 Å². The number of piperidine rings is 1. The van der Waals surface area contributed by atoms with Gasteiger partial charge in [-0.3, -0.25) is 0 Å². The first-order valence-electron chi connectivity index (χ1n) is 4.55. The van der Waals surface area contributed by atoms with Crippen LogP contribution in [-0.2, 0) is 9.84 Å². The van der Waals surface area contributed by atoms with Crippen LogP contribution < -0.4 is 5.32 Å². The smallest absolute Gasteiger partial charge is 0.150 e. The summed E-state index contributed by atoms with van der Waals surface area (Å²) >= 11 is 0. The molecule has 1 N–H and O–H groups in total. The van der Waals surface area contributed by atoms with Crippen molar-refractivity contribution in [3.63, 3.8) is 0 Å². The molecule has 72 valence electrons. The molecule has 1 heterocycles. The second-order valence-corrected chi connectivity index (χ2v) is 5.81. The lowest BCUT2D eigenvalue weighted by Crippen LogP contribution is -2.34. The van der Waals surface area contributed by atoms with Crippen molar-refractivity contribution in [2.24, 2.45) is 5.92 Å². The van der Waals surface area contributed by atoms with E-state index >= 15 is 0 Å². The fraction of sp³-hybridized carbons (Fsp3) is 1.00. The van der Waals surface area contributed by atoms with Gasteiger partial charge in [0.25, 0.3) is 0 Å². The third kappa shape index (κ3) is 3.11. The molecule has 4 heteroatoms. The van der Waals surface area contributed by atoms with Crippen molar-refractivity contribution in [3.05, 3.63) is 0 Å². The van der Waals surface area contributed by atoms with Crippen LogP contribution in [0.15, 0.2) is 0 Å². The third-order valence-electron chi connectivity index (χ3n) is 2.33. The van der Waals surface area contributed by atoms with Crippen LogP contribution in [-0.4, -0.2) is 33.0 Å². The van der Waals surface area contributed by atoms with Crippen molar-refractivity contribution in [1.82, 2.24) is 5.32 Å². The van der Waals surface area contributed by atoms with Gasteiger partial charge in [-0.25, -0.2) is 8.42 Å². The maximum Gasteiger partial charge on any atom is 0.150 e. The zero-order valence-corrected chi connectivity index (χ0v) is 8.36. The molecule has 0 aromatic heterocycles. The average molecular weight is 191 g/mol. The Morgan fingerprint density at radius 1 is 1.50 bits per heavy atom. The maximum absolute atomic E-state index is 11.2. The Morgan fingerprint density at radius 2 is 2.25 bits per heavy atom. The number of hydrogen-bond donors (Lipinski definition) is 1. The van der Waals surface area contributed by atoms with Gasteiger partial charge in [-0.15, -0.1) is 0 Å². The maximum atomic E-state index is 11.2. The lowest BCUT2D eigenvalue weighted by Gasteiger charge is -2.21. The Kier molecular flexibility index (Phi) is 3.53. The Hall–Kier alpha value is -0.0900. The van der Waals surface area contributed by atoms with Gasteiger partial charge in [0.15, 0.2) is 0 Å². The monoisotopic (exact) mass is 191 g/mol. The number of sulfone groups is 1. The van der Waals surface area contributed by atoms with Crippen molar-refractivity contribution in [1.29, 1.82) is 0 Å². The lowest BCUT2D eigenvalue weighted by atomic mass is 10.0. The Balaban J connectivity index is 2.39. The molecule has 0 radical (unpaired) electrons. The number of hydrogen-bond acceptors (Lipinski definition) is 3. The van der Waals surface area contributed by atoms with Crippen LogP contribution in [0.5, 0.6) is 0 Å². The fourth-order valence-corrected chi connectivity index (χ4v) is 2.78. The highest BCUT2D eigenvalue weighted by Gasteiger charge is 2.19. The molecule has 1 aliphatic heterocycles. The summed E-state index contributed by atoms with van der Waals surface area (Å²) in [5.41, 5.74) is 0. The van der Waals surface area contributed by atoms with E-state index in [1.165, 1.54) is 0 Å². The Labute approximate surface area is 74.5 Å². The molecule has 1 atom stereocenters. The van der Waals surface area contributed by atoms with E-state index in [-0.39, 0.29) is 5.75 Å². The van der Waals surface area contributed by atoms with Gasteiger partial charge >= 0.3 is 0 Å². The zero-order valence-electron chi connectivity index (χ0n) is 7.54. The molecule has 0 amide bonds. The molecule has 1 rings (SSSR count). The van der Waals surface area contributed by atoms with E-state index in [1.54, 1.807) is 6.92 Å². The van der Waals surface area contributed by atoms with E-state index in [9.17, 15) is 8.42 Å². The van der Waals surface area contributed by atoms with Gasteiger partial charge in [0.1, 0.15) is 9.84 Å². The van der Waals surface area contributed by atoms with E-state index in [2.05, 4.69) is 5.32 Å². The normalized spacial score (nSPS) is 25.6. The molecule has 1 saturated heterocycles. The lowest BCUT2D eigenvalue weighted by molar-refractivity contribution is 0.404. The fourth-order valence-electron chi connectivity index (χ4n) is 1.54. The summed E-state index contributed by atoms with van der Waals surface area (Å²) in [5, 5.41) is 3.22. The summed E-state index contributed by atoms with van der Waals surface area (Å²) in [6.07, 6.45) is 2.18. The molecule has 1 aliphatic rings. The summed E-state index contributed by atoms with van der Waals surface area (Å²) in [4.78, 5) is 0. The van der Waals surface area contributed by atoms with Crippen molar-refractivity contribution in [3.8, 4) is 0 Å². The van der Waals surface area contributed by atoms with Gasteiger partial charge < -0.3 is 5.32 Å². The SMILES string of the molecule is CCS(=O)(=O)C[C@H]1CCCNC1. The minimum atomic E-state index is -2.76. The quantitative estimate of drug-likeness (QED) is 0.703. The van der Waals surface area contributed by atoms with Gasteiger partial charge in [0.05, 0.1) is 5.75 Å². The van der Waals surface area contributed by atoms with Crippen LogP contribution in [0.3, 0.4) is 0 Å². The van der Waals surface area contributed by atoms with E-state index in [0.717, 1.165) is 25.9 Å². The molecule has 0 aliphatic carbocycles. The molecule has 0 unspecified atom stereocenters. The largest absolute Gasteiger partial charge is 0.316 e. The van der Waals surface area contributed by atoms with E-state index in [1.807, 2.05) is 0 Å². The molecular weight excluding hydrogens is 174 g/mol. The minimum absolute atomic E-state index is 0.281. The second-order valence-electron chi connectivity index (χ2n) is 3.41. The predicted molar refractivity (Wildman–Crippen MR) is 49.9 cm³/mol. The first-order chi connectivity index (χ1) is 5.64. The van der Waals surface area contributed by atoms with Crippen LogP contribution in [0, 0.1) is 5.92 Å². The van der Waals surface area contributed by atoms with Crippen molar-refractivity contribution < 1.29 is 8.42 Å². The van der Waals surface area contributed by atoms with Crippen LogP contribution in [0.1, 0.15) is 19.8 Å². The topological polar surface area (TPSA) is 46.2 Å². The minimum Gasteiger partial charge on any atom is -0.316 e. The van der Waals surface area contributed by atoms with Crippen LogP contribution in [0.25, 0.3) is 0 Å². The van der Waals surface area contributed by atoms with Crippen LogP contribution >= 0.6 is 0 Å². The van der Waals surface area contributed by atoms with Gasteiger partial charge in [-0.1, -0.05) is 6.92 Å². The highest BCUT2D eigenvalue weighted by Crippen LogP contribution is 2.12. The van der Waals surface area contributed by atoms with Gasteiger partial charge in [0.2, 0.25) is 0 Å². The summed E-state index contributed by atoms with van der Waals surface area (Å²) < 4.78 is 22.5. The van der Waals surface area contributed by atoms with Crippen molar-refractivity contribution in [2.45, 2.75) is 19.8 Å². The molecule has 3 nitrogen and oxygen atoms in total. The summed E-state index contributed by atoms with van der Waals surface area (Å²) in [6.45, 7) is 3.63. The molecule has 0 saturated carbocycles. The molecule has 1 fully saturated rings. The van der Waals surface area contributed by atoms with Gasteiger partial charge in [0, 0.05) is 5.75 Å². The number of rotatable bonds is 3. The zero-order chi connectivity index (χ0) is 9.03. The summed E-state index contributed by atoms with van der Waals surface area (Å²) in [7, 11) is -2.76. The molecule has 12 heavy (non-hydrogen) atoms. The van der Waals surface area contributed by atoms with E-state index < -0.39 is 9.84 Å². The third-order valence-corrected chi connectivity index (χ3v) is 4.19. The summed E-state index contributed by atoms with van der Waals surface area (Å²) in [5.74, 6) is 1.00. The Bertz CT molecular complexity index is 217. The van der Waals surface area contributed by atoms with Gasteiger partial charge in [-0.2, -0.15) is 0 Å². The highest BCUT2D eigenvalue weighted by atomic mass is 32.2. The average Bonchev–Trinajstić information content (AvgIpc) is 2.06. The Morgan fingerprint density at radius 3 is 2.75 bits per heavy atom. The first-order valence-corrected chi connectivity index (χ1v) is 6.37. The second kappa shape index (κ2) is 4.23. The molecule has 0 aromatic rings. The summed E-state index contributed by atoms with van der Waals surface area (Å²) in [6, 6.07) is 0. The molecule has 0 spiro atoms.